The minimum absolute atomic E-state index is 0.0488. The van der Waals surface area contributed by atoms with E-state index in [9.17, 15) is 4.79 Å². The van der Waals surface area contributed by atoms with Crippen molar-refractivity contribution in [3.05, 3.63) is 53.1 Å². The van der Waals surface area contributed by atoms with Crippen LogP contribution in [0.4, 0.5) is 0 Å². The van der Waals surface area contributed by atoms with E-state index in [1.54, 1.807) is 14.2 Å². The van der Waals surface area contributed by atoms with Gasteiger partial charge in [0.05, 0.1) is 26.0 Å². The minimum Gasteiger partial charge on any atom is -0.497 e. The summed E-state index contributed by atoms with van der Waals surface area (Å²) >= 11 is 7.32. The van der Waals surface area contributed by atoms with E-state index < -0.39 is 0 Å². The second-order valence-corrected chi connectivity index (χ2v) is 6.62. The summed E-state index contributed by atoms with van der Waals surface area (Å²) in [6.45, 7) is 1.92. The van der Waals surface area contributed by atoms with Crippen LogP contribution >= 0.6 is 23.4 Å². The Balaban J connectivity index is 1.97. The summed E-state index contributed by atoms with van der Waals surface area (Å²) in [7, 11) is 3.22. The zero-order chi connectivity index (χ0) is 17.5. The first-order chi connectivity index (χ1) is 11.5. The molecule has 0 bridgehead atoms. The molecule has 0 aliphatic heterocycles. The van der Waals surface area contributed by atoms with Gasteiger partial charge in [-0.05, 0) is 49.4 Å². The van der Waals surface area contributed by atoms with Gasteiger partial charge in [0.1, 0.15) is 11.5 Å². The molecule has 0 saturated carbocycles. The number of rotatable bonds is 7. The van der Waals surface area contributed by atoms with Gasteiger partial charge in [-0.2, -0.15) is 0 Å². The van der Waals surface area contributed by atoms with Gasteiger partial charge in [-0.15, -0.1) is 11.8 Å². The van der Waals surface area contributed by atoms with Gasteiger partial charge >= 0.3 is 0 Å². The molecule has 2 rings (SSSR count). The molecule has 2 aromatic rings. The molecule has 6 heteroatoms. The maximum Gasteiger partial charge on any atom is 0.230 e. The van der Waals surface area contributed by atoms with Crippen molar-refractivity contribution < 1.29 is 14.3 Å². The zero-order valence-corrected chi connectivity index (χ0v) is 15.4. The number of carbonyl (C=O) groups is 1. The number of nitrogens with one attached hydrogen (secondary N) is 1. The average molecular weight is 366 g/mol. The lowest BCUT2D eigenvalue weighted by Crippen LogP contribution is -2.28. The molecule has 1 N–H and O–H groups in total. The second-order valence-electron chi connectivity index (χ2n) is 5.14. The van der Waals surface area contributed by atoms with E-state index in [0.717, 1.165) is 16.2 Å². The molecule has 24 heavy (non-hydrogen) atoms. The van der Waals surface area contributed by atoms with E-state index in [2.05, 4.69) is 5.32 Å². The van der Waals surface area contributed by atoms with Crippen LogP contribution in [0.3, 0.4) is 0 Å². The molecule has 0 radical (unpaired) electrons. The number of hydrogen-bond donors (Lipinski definition) is 1. The molecule has 1 amide bonds. The topological polar surface area (TPSA) is 47.6 Å². The fourth-order valence-electron chi connectivity index (χ4n) is 2.22. The maximum absolute atomic E-state index is 12.2. The highest BCUT2D eigenvalue weighted by atomic mass is 35.5. The van der Waals surface area contributed by atoms with Gasteiger partial charge in [0.15, 0.2) is 0 Å². The third-order valence-electron chi connectivity index (χ3n) is 3.46. The number of carbonyl (C=O) groups excluding carboxylic acids is 1. The quantitative estimate of drug-likeness (QED) is 0.742. The van der Waals surface area contributed by atoms with E-state index in [1.807, 2.05) is 49.4 Å². The number of methoxy groups -OCH3 is 2. The van der Waals surface area contributed by atoms with E-state index in [1.165, 1.54) is 11.8 Å². The lowest BCUT2D eigenvalue weighted by atomic mass is 10.1. The average Bonchev–Trinajstić information content (AvgIpc) is 2.60. The molecule has 0 aliphatic carbocycles. The van der Waals surface area contributed by atoms with Gasteiger partial charge in [-0.1, -0.05) is 11.6 Å². The van der Waals surface area contributed by atoms with Crippen molar-refractivity contribution in [3.8, 4) is 11.5 Å². The monoisotopic (exact) mass is 365 g/mol. The molecule has 4 nitrogen and oxygen atoms in total. The first-order valence-electron chi connectivity index (χ1n) is 7.43. The minimum atomic E-state index is -0.187. The molecular formula is C18H20ClNO3S. The van der Waals surface area contributed by atoms with Gasteiger partial charge in [-0.3, -0.25) is 4.79 Å². The highest BCUT2D eigenvalue weighted by Crippen LogP contribution is 2.29. The van der Waals surface area contributed by atoms with Crippen molar-refractivity contribution in [2.75, 3.05) is 20.0 Å². The summed E-state index contributed by atoms with van der Waals surface area (Å²) in [5.74, 6) is 1.72. The van der Waals surface area contributed by atoms with Crippen LogP contribution in [-0.2, 0) is 4.79 Å². The summed E-state index contributed by atoms with van der Waals surface area (Å²) in [4.78, 5) is 13.2. The molecule has 1 unspecified atom stereocenters. The zero-order valence-electron chi connectivity index (χ0n) is 13.8. The van der Waals surface area contributed by atoms with Crippen molar-refractivity contribution in [3.63, 3.8) is 0 Å². The third kappa shape index (κ3) is 5.08. The van der Waals surface area contributed by atoms with E-state index in [4.69, 9.17) is 21.1 Å². The number of amides is 1. The first kappa shape index (κ1) is 18.5. The number of hydrogen-bond acceptors (Lipinski definition) is 4. The largest absolute Gasteiger partial charge is 0.497 e. The van der Waals surface area contributed by atoms with Crippen molar-refractivity contribution in [2.45, 2.75) is 17.9 Å². The van der Waals surface area contributed by atoms with Gasteiger partial charge in [0.25, 0.3) is 0 Å². The van der Waals surface area contributed by atoms with Crippen LogP contribution in [0.5, 0.6) is 11.5 Å². The Morgan fingerprint density at radius 2 is 1.88 bits per heavy atom. The first-order valence-corrected chi connectivity index (χ1v) is 8.79. The van der Waals surface area contributed by atoms with Crippen LogP contribution in [-0.4, -0.2) is 25.9 Å². The highest BCUT2D eigenvalue weighted by molar-refractivity contribution is 8.00. The Labute approximate surface area is 151 Å². The van der Waals surface area contributed by atoms with Crippen molar-refractivity contribution in [2.24, 2.45) is 0 Å². The molecule has 0 aromatic heterocycles. The molecule has 0 fully saturated rings. The van der Waals surface area contributed by atoms with Crippen LogP contribution in [0.15, 0.2) is 47.4 Å². The maximum atomic E-state index is 12.2. The Bertz CT molecular complexity index is 691. The fourth-order valence-corrected chi connectivity index (χ4v) is 3.05. The lowest BCUT2D eigenvalue weighted by molar-refractivity contribution is -0.119. The molecule has 2 aromatic carbocycles. The summed E-state index contributed by atoms with van der Waals surface area (Å²) < 4.78 is 10.6. The normalized spacial score (nSPS) is 11.7. The van der Waals surface area contributed by atoms with E-state index in [0.29, 0.717) is 16.5 Å². The summed E-state index contributed by atoms with van der Waals surface area (Å²) in [6.07, 6.45) is 0. The van der Waals surface area contributed by atoms with Crippen LogP contribution in [0.25, 0.3) is 0 Å². The summed E-state index contributed by atoms with van der Waals surface area (Å²) in [5, 5.41) is 3.67. The van der Waals surface area contributed by atoms with Crippen LogP contribution in [0.2, 0.25) is 5.02 Å². The Hall–Kier alpha value is -1.85. The number of ether oxygens (including phenoxy) is 2. The molecule has 0 spiro atoms. The van der Waals surface area contributed by atoms with Crippen LogP contribution in [0.1, 0.15) is 18.5 Å². The SMILES string of the molecule is COc1ccc(OC)c(C(C)NC(=O)CSc2ccc(Cl)cc2)c1. The molecule has 0 saturated heterocycles. The van der Waals surface area contributed by atoms with Crippen LogP contribution < -0.4 is 14.8 Å². The predicted octanol–water partition coefficient (Wildman–Crippen LogP) is 4.33. The summed E-state index contributed by atoms with van der Waals surface area (Å²) in [6, 6.07) is 12.8. The fraction of sp³-hybridized carbons (Fsp3) is 0.278. The second kappa shape index (κ2) is 8.85. The standard InChI is InChI=1S/C18H20ClNO3S/c1-12(16-10-14(22-2)6-9-17(16)23-3)20-18(21)11-24-15-7-4-13(19)5-8-15/h4-10,12H,11H2,1-3H3,(H,20,21). The van der Waals surface area contributed by atoms with E-state index in [-0.39, 0.29) is 11.9 Å². The molecule has 0 aliphatic rings. The van der Waals surface area contributed by atoms with Gasteiger partial charge in [0, 0.05) is 15.5 Å². The van der Waals surface area contributed by atoms with Gasteiger partial charge < -0.3 is 14.8 Å². The number of halogens is 1. The Morgan fingerprint density at radius 1 is 1.17 bits per heavy atom. The van der Waals surface area contributed by atoms with Gasteiger partial charge in [0.2, 0.25) is 5.91 Å². The Kier molecular flexibility index (Phi) is 6.82. The van der Waals surface area contributed by atoms with Crippen LogP contribution in [0, 0.1) is 0 Å². The van der Waals surface area contributed by atoms with Gasteiger partial charge in [-0.25, -0.2) is 0 Å². The number of benzene rings is 2. The summed E-state index contributed by atoms with van der Waals surface area (Å²) in [5.41, 5.74) is 0.877. The molecular weight excluding hydrogens is 346 g/mol. The van der Waals surface area contributed by atoms with E-state index >= 15 is 0 Å². The highest BCUT2D eigenvalue weighted by Gasteiger charge is 2.15. The van der Waals surface area contributed by atoms with Crippen molar-refractivity contribution in [1.29, 1.82) is 0 Å². The third-order valence-corrected chi connectivity index (χ3v) is 4.73. The molecule has 128 valence electrons. The number of thioether (sulfide) groups is 1. The smallest absolute Gasteiger partial charge is 0.230 e. The Morgan fingerprint density at radius 3 is 2.50 bits per heavy atom. The van der Waals surface area contributed by atoms with Crippen molar-refractivity contribution >= 4 is 29.3 Å². The predicted molar refractivity (Wildman–Crippen MR) is 98.3 cm³/mol. The molecule has 1 atom stereocenters. The lowest BCUT2D eigenvalue weighted by Gasteiger charge is -2.18. The van der Waals surface area contributed by atoms with Crippen molar-refractivity contribution in [1.82, 2.24) is 5.32 Å². The molecule has 0 heterocycles.